The molecular formula is C22H22N2O3. The number of carbonyl (C=O) groups excluding carboxylic acids is 1. The summed E-state index contributed by atoms with van der Waals surface area (Å²) in [5.74, 6) is 2.20. The second kappa shape index (κ2) is 9.29. The second-order valence-corrected chi connectivity index (χ2v) is 5.88. The van der Waals surface area contributed by atoms with E-state index in [9.17, 15) is 4.79 Å². The van der Waals surface area contributed by atoms with Crippen LogP contribution < -0.4 is 20.1 Å². The number of anilines is 1. The Hall–Kier alpha value is -3.47. The van der Waals surface area contributed by atoms with Crippen molar-refractivity contribution in [2.45, 2.75) is 6.54 Å². The van der Waals surface area contributed by atoms with Crippen molar-refractivity contribution in [2.24, 2.45) is 0 Å². The quantitative estimate of drug-likeness (QED) is 0.630. The van der Waals surface area contributed by atoms with Crippen LogP contribution in [0.25, 0.3) is 0 Å². The Morgan fingerprint density at radius 2 is 1.52 bits per heavy atom. The fourth-order valence-corrected chi connectivity index (χ4v) is 2.55. The van der Waals surface area contributed by atoms with Gasteiger partial charge in [-0.3, -0.25) is 4.79 Å². The molecule has 3 aromatic rings. The van der Waals surface area contributed by atoms with Crippen LogP contribution in [0.1, 0.15) is 5.56 Å². The molecule has 5 nitrogen and oxygen atoms in total. The van der Waals surface area contributed by atoms with Crippen molar-refractivity contribution >= 4 is 11.6 Å². The van der Waals surface area contributed by atoms with E-state index in [0.717, 1.165) is 28.5 Å². The van der Waals surface area contributed by atoms with Crippen LogP contribution in [0.4, 0.5) is 5.69 Å². The molecule has 3 rings (SSSR count). The number of hydrogen-bond acceptors (Lipinski definition) is 4. The molecule has 138 valence electrons. The van der Waals surface area contributed by atoms with E-state index in [-0.39, 0.29) is 12.5 Å². The fourth-order valence-electron chi connectivity index (χ4n) is 2.55. The first-order chi connectivity index (χ1) is 13.2. The summed E-state index contributed by atoms with van der Waals surface area (Å²) >= 11 is 0. The zero-order chi connectivity index (χ0) is 18.9. The number of benzene rings is 3. The van der Waals surface area contributed by atoms with Crippen molar-refractivity contribution in [1.82, 2.24) is 5.32 Å². The normalized spacial score (nSPS) is 10.1. The maximum Gasteiger partial charge on any atom is 0.239 e. The Balaban J connectivity index is 1.46. The van der Waals surface area contributed by atoms with Crippen LogP contribution in [0.2, 0.25) is 0 Å². The van der Waals surface area contributed by atoms with E-state index >= 15 is 0 Å². The summed E-state index contributed by atoms with van der Waals surface area (Å²) in [5.41, 5.74) is 1.79. The average Bonchev–Trinajstić information content (AvgIpc) is 2.72. The molecule has 27 heavy (non-hydrogen) atoms. The molecule has 0 fully saturated rings. The third-order valence-corrected chi connectivity index (χ3v) is 3.95. The summed E-state index contributed by atoms with van der Waals surface area (Å²) in [5, 5.41) is 5.98. The Bertz CT molecular complexity index is 864. The summed E-state index contributed by atoms with van der Waals surface area (Å²) in [7, 11) is 1.62. The number of carbonyl (C=O) groups is 1. The molecule has 0 aliphatic rings. The molecule has 0 aliphatic heterocycles. The molecular weight excluding hydrogens is 340 g/mol. The summed E-state index contributed by atoms with van der Waals surface area (Å²) in [4.78, 5) is 12.1. The Kier molecular flexibility index (Phi) is 6.30. The number of para-hydroxylation sites is 2. The van der Waals surface area contributed by atoms with Gasteiger partial charge in [0.2, 0.25) is 5.91 Å². The zero-order valence-corrected chi connectivity index (χ0v) is 15.1. The lowest BCUT2D eigenvalue weighted by atomic mass is 10.2. The lowest BCUT2D eigenvalue weighted by Crippen LogP contribution is -2.29. The minimum absolute atomic E-state index is 0.0921. The van der Waals surface area contributed by atoms with Crippen LogP contribution in [0.15, 0.2) is 78.9 Å². The first kappa shape index (κ1) is 18.3. The minimum Gasteiger partial charge on any atom is -0.496 e. The van der Waals surface area contributed by atoms with Gasteiger partial charge in [-0.25, -0.2) is 0 Å². The third kappa shape index (κ3) is 5.51. The van der Waals surface area contributed by atoms with Crippen LogP contribution in [0.5, 0.6) is 17.2 Å². The predicted molar refractivity (Wildman–Crippen MR) is 106 cm³/mol. The standard InChI is InChI=1S/C22H22N2O3/c1-26-21-10-6-5-7-17(21)15-24-22(25)16-23-18-11-13-20(14-12-18)27-19-8-3-2-4-9-19/h2-14,23H,15-16H2,1H3,(H,24,25). The molecule has 0 unspecified atom stereocenters. The van der Waals surface area contributed by atoms with Crippen LogP contribution in [-0.2, 0) is 11.3 Å². The molecule has 1 amide bonds. The van der Waals surface area contributed by atoms with Crippen LogP contribution in [-0.4, -0.2) is 19.6 Å². The van der Waals surface area contributed by atoms with Crippen LogP contribution >= 0.6 is 0 Å². The lowest BCUT2D eigenvalue weighted by molar-refractivity contribution is -0.119. The topological polar surface area (TPSA) is 59.6 Å². The summed E-state index contributed by atoms with van der Waals surface area (Å²) < 4.78 is 11.0. The summed E-state index contributed by atoms with van der Waals surface area (Å²) in [6.07, 6.45) is 0. The number of amides is 1. The number of ether oxygens (including phenoxy) is 2. The van der Waals surface area contributed by atoms with Gasteiger partial charge in [-0.15, -0.1) is 0 Å². The van der Waals surface area contributed by atoms with Crippen molar-refractivity contribution in [3.05, 3.63) is 84.4 Å². The van der Waals surface area contributed by atoms with E-state index in [4.69, 9.17) is 9.47 Å². The van der Waals surface area contributed by atoms with Gasteiger partial charge in [0, 0.05) is 17.8 Å². The molecule has 3 aromatic carbocycles. The Labute approximate surface area is 158 Å². The highest BCUT2D eigenvalue weighted by molar-refractivity contribution is 5.80. The Morgan fingerprint density at radius 3 is 2.26 bits per heavy atom. The average molecular weight is 362 g/mol. The molecule has 0 saturated heterocycles. The Morgan fingerprint density at radius 1 is 0.852 bits per heavy atom. The highest BCUT2D eigenvalue weighted by Crippen LogP contribution is 2.22. The minimum atomic E-state index is -0.0921. The molecule has 0 aliphatic carbocycles. The molecule has 0 heterocycles. The van der Waals surface area contributed by atoms with Gasteiger partial charge >= 0.3 is 0 Å². The van der Waals surface area contributed by atoms with E-state index in [1.807, 2.05) is 78.9 Å². The van der Waals surface area contributed by atoms with Gasteiger partial charge in [-0.2, -0.15) is 0 Å². The highest BCUT2D eigenvalue weighted by Gasteiger charge is 2.05. The number of hydrogen-bond donors (Lipinski definition) is 2. The molecule has 0 aromatic heterocycles. The van der Waals surface area contributed by atoms with E-state index in [2.05, 4.69) is 10.6 Å². The second-order valence-electron chi connectivity index (χ2n) is 5.88. The van der Waals surface area contributed by atoms with Crippen molar-refractivity contribution in [2.75, 3.05) is 19.0 Å². The zero-order valence-electron chi connectivity index (χ0n) is 15.1. The van der Waals surface area contributed by atoms with E-state index in [1.165, 1.54) is 0 Å². The van der Waals surface area contributed by atoms with Gasteiger partial charge in [-0.05, 0) is 42.5 Å². The highest BCUT2D eigenvalue weighted by atomic mass is 16.5. The molecule has 2 N–H and O–H groups in total. The smallest absolute Gasteiger partial charge is 0.239 e. The fraction of sp³-hybridized carbons (Fsp3) is 0.136. The van der Waals surface area contributed by atoms with E-state index in [0.29, 0.717) is 6.54 Å². The van der Waals surface area contributed by atoms with Crippen molar-refractivity contribution < 1.29 is 14.3 Å². The lowest BCUT2D eigenvalue weighted by Gasteiger charge is -2.11. The third-order valence-electron chi connectivity index (χ3n) is 3.95. The number of nitrogens with one attached hydrogen (secondary N) is 2. The van der Waals surface area contributed by atoms with Crippen LogP contribution in [0.3, 0.4) is 0 Å². The maximum atomic E-state index is 12.1. The maximum absolute atomic E-state index is 12.1. The summed E-state index contributed by atoms with van der Waals surface area (Å²) in [6.45, 7) is 0.614. The molecule has 0 atom stereocenters. The molecule has 0 radical (unpaired) electrons. The van der Waals surface area contributed by atoms with Gasteiger partial charge in [0.1, 0.15) is 17.2 Å². The number of methoxy groups -OCH3 is 1. The molecule has 5 heteroatoms. The van der Waals surface area contributed by atoms with Crippen molar-refractivity contribution in [3.8, 4) is 17.2 Å². The van der Waals surface area contributed by atoms with Gasteiger partial charge in [0.15, 0.2) is 0 Å². The van der Waals surface area contributed by atoms with Gasteiger partial charge in [0.05, 0.1) is 13.7 Å². The number of rotatable bonds is 8. The van der Waals surface area contributed by atoms with E-state index in [1.54, 1.807) is 7.11 Å². The molecule has 0 saturated carbocycles. The van der Waals surface area contributed by atoms with Crippen molar-refractivity contribution in [3.63, 3.8) is 0 Å². The molecule has 0 bridgehead atoms. The first-order valence-corrected chi connectivity index (χ1v) is 8.70. The summed E-state index contributed by atoms with van der Waals surface area (Å²) in [6, 6.07) is 24.7. The molecule has 0 spiro atoms. The predicted octanol–water partition coefficient (Wildman–Crippen LogP) is 4.22. The largest absolute Gasteiger partial charge is 0.496 e. The first-order valence-electron chi connectivity index (χ1n) is 8.70. The van der Waals surface area contributed by atoms with Gasteiger partial charge in [-0.1, -0.05) is 36.4 Å². The van der Waals surface area contributed by atoms with Crippen molar-refractivity contribution in [1.29, 1.82) is 0 Å². The van der Waals surface area contributed by atoms with Crippen LogP contribution in [0, 0.1) is 0 Å². The van der Waals surface area contributed by atoms with Gasteiger partial charge < -0.3 is 20.1 Å². The van der Waals surface area contributed by atoms with E-state index < -0.39 is 0 Å². The SMILES string of the molecule is COc1ccccc1CNC(=O)CNc1ccc(Oc2ccccc2)cc1. The van der Waals surface area contributed by atoms with Gasteiger partial charge in [0.25, 0.3) is 0 Å². The monoisotopic (exact) mass is 362 g/mol.